The van der Waals surface area contributed by atoms with Gasteiger partial charge in [-0.2, -0.15) is 5.26 Å². The molecule has 2 aliphatic rings. The van der Waals surface area contributed by atoms with E-state index < -0.39 is 0 Å². The first-order chi connectivity index (χ1) is 13.2. The molecule has 1 atom stereocenters. The highest BCUT2D eigenvalue weighted by atomic mass is 16.5. The van der Waals surface area contributed by atoms with Gasteiger partial charge < -0.3 is 14.1 Å². The molecule has 0 N–H and O–H groups in total. The number of nitrogens with zero attached hydrogens (tertiary/aromatic N) is 5. The molecule has 0 bridgehead atoms. The first kappa shape index (κ1) is 18.0. The molecule has 142 valence electrons. The summed E-state index contributed by atoms with van der Waals surface area (Å²) >= 11 is 0. The molecule has 27 heavy (non-hydrogen) atoms. The molecule has 0 amide bonds. The average Bonchev–Trinajstić information content (AvgIpc) is 3.32. The summed E-state index contributed by atoms with van der Waals surface area (Å²) in [5.74, 6) is 1.78. The Morgan fingerprint density at radius 2 is 2.11 bits per heavy atom. The van der Waals surface area contributed by atoms with Gasteiger partial charge in [0.05, 0.1) is 37.5 Å². The van der Waals surface area contributed by atoms with E-state index in [4.69, 9.17) is 14.4 Å². The molecule has 0 aliphatic carbocycles. The summed E-state index contributed by atoms with van der Waals surface area (Å²) in [5, 5.41) is 8.86. The van der Waals surface area contributed by atoms with E-state index in [1.807, 2.05) is 18.2 Å². The van der Waals surface area contributed by atoms with Crippen LogP contribution in [0, 0.1) is 22.7 Å². The molecule has 0 aromatic carbocycles. The van der Waals surface area contributed by atoms with E-state index in [0.717, 1.165) is 63.6 Å². The number of rotatable bonds is 5. The molecule has 7 heteroatoms. The Bertz CT molecular complexity index is 776. The maximum Gasteiger partial charge on any atom is 0.232 e. The lowest BCUT2D eigenvalue weighted by molar-refractivity contribution is 0.0762. The average molecular weight is 367 g/mol. The first-order valence-electron chi connectivity index (χ1n) is 9.43. The molecule has 0 saturated carbocycles. The summed E-state index contributed by atoms with van der Waals surface area (Å²) in [6, 6.07) is 5.97. The second-order valence-electron chi connectivity index (χ2n) is 7.63. The normalized spacial score (nSPS) is 22.2. The van der Waals surface area contributed by atoms with Gasteiger partial charge in [0.25, 0.3) is 0 Å². The van der Waals surface area contributed by atoms with E-state index in [-0.39, 0.29) is 11.2 Å². The van der Waals surface area contributed by atoms with Crippen LogP contribution in [0.5, 0.6) is 0 Å². The van der Waals surface area contributed by atoms with Gasteiger partial charge in [-0.05, 0) is 30.4 Å². The Balaban J connectivity index is 1.43. The van der Waals surface area contributed by atoms with Gasteiger partial charge in [0.2, 0.25) is 5.82 Å². The lowest BCUT2D eigenvalue weighted by atomic mass is 9.71. The van der Waals surface area contributed by atoms with Crippen LogP contribution in [0.1, 0.15) is 24.4 Å². The highest BCUT2D eigenvalue weighted by molar-refractivity contribution is 5.43. The van der Waals surface area contributed by atoms with E-state index in [1.54, 1.807) is 25.8 Å². The number of aromatic nitrogens is 2. The maximum absolute atomic E-state index is 8.86. The molecule has 2 fully saturated rings. The predicted octanol–water partition coefficient (Wildman–Crippen LogP) is 2.31. The van der Waals surface area contributed by atoms with Crippen LogP contribution in [0.3, 0.4) is 0 Å². The summed E-state index contributed by atoms with van der Waals surface area (Å²) in [7, 11) is 1.80. The van der Waals surface area contributed by atoms with Gasteiger partial charge >= 0.3 is 0 Å². The molecule has 1 unspecified atom stereocenters. The molecule has 2 aliphatic heterocycles. The quantitative estimate of drug-likeness (QED) is 0.802. The van der Waals surface area contributed by atoms with Crippen molar-refractivity contribution in [2.24, 2.45) is 11.3 Å². The molecule has 2 aromatic rings. The number of ether oxygens (including phenoxy) is 1. The number of methoxy groups -OCH3 is 1. The molecule has 2 saturated heterocycles. The minimum Gasteiger partial charge on any atom is -0.468 e. The zero-order valence-electron chi connectivity index (χ0n) is 15.7. The third-order valence-electron chi connectivity index (χ3n) is 6.07. The van der Waals surface area contributed by atoms with Gasteiger partial charge in [0, 0.05) is 39.2 Å². The molecule has 7 nitrogen and oxygen atoms in total. The molecule has 0 radical (unpaired) electrons. The number of hydrogen-bond donors (Lipinski definition) is 0. The minimum absolute atomic E-state index is 0.219. The van der Waals surface area contributed by atoms with Crippen molar-refractivity contribution in [3.8, 4) is 6.07 Å². The van der Waals surface area contributed by atoms with Gasteiger partial charge in [-0.25, -0.2) is 9.97 Å². The largest absolute Gasteiger partial charge is 0.468 e. The summed E-state index contributed by atoms with van der Waals surface area (Å²) in [5.41, 5.74) is 1.28. The molecular weight excluding hydrogens is 342 g/mol. The Hall–Kier alpha value is -2.43. The lowest BCUT2D eigenvalue weighted by Crippen LogP contribution is -2.45. The fourth-order valence-corrected chi connectivity index (χ4v) is 4.64. The number of furan rings is 1. The van der Waals surface area contributed by atoms with Crippen molar-refractivity contribution >= 4 is 5.69 Å². The van der Waals surface area contributed by atoms with Crippen molar-refractivity contribution in [1.82, 2.24) is 14.9 Å². The predicted molar refractivity (Wildman–Crippen MR) is 100.0 cm³/mol. The van der Waals surface area contributed by atoms with Gasteiger partial charge in [-0.1, -0.05) is 0 Å². The number of hydrogen-bond acceptors (Lipinski definition) is 7. The second-order valence-corrected chi connectivity index (χ2v) is 7.63. The minimum atomic E-state index is 0.219. The Kier molecular flexibility index (Phi) is 5.10. The van der Waals surface area contributed by atoms with Crippen molar-refractivity contribution in [3.63, 3.8) is 0 Å². The van der Waals surface area contributed by atoms with Gasteiger partial charge in [0.1, 0.15) is 11.8 Å². The zero-order valence-corrected chi connectivity index (χ0v) is 15.7. The van der Waals surface area contributed by atoms with Crippen LogP contribution in [0.15, 0.2) is 35.2 Å². The molecule has 2 aromatic heterocycles. The van der Waals surface area contributed by atoms with Crippen molar-refractivity contribution in [3.05, 3.63) is 42.4 Å². The van der Waals surface area contributed by atoms with Crippen LogP contribution in [-0.4, -0.2) is 54.8 Å². The zero-order chi connectivity index (χ0) is 18.7. The summed E-state index contributed by atoms with van der Waals surface area (Å²) in [6.45, 7) is 5.75. The first-order valence-corrected chi connectivity index (χ1v) is 9.43. The highest BCUT2D eigenvalue weighted by Crippen LogP contribution is 2.45. The van der Waals surface area contributed by atoms with Crippen LogP contribution in [0.25, 0.3) is 0 Å². The lowest BCUT2D eigenvalue weighted by Gasteiger charge is -2.43. The van der Waals surface area contributed by atoms with Crippen LogP contribution in [0.4, 0.5) is 5.69 Å². The van der Waals surface area contributed by atoms with Crippen LogP contribution < -0.4 is 4.90 Å². The molecular formula is C20H25N5O2. The van der Waals surface area contributed by atoms with Crippen molar-refractivity contribution < 1.29 is 9.15 Å². The summed E-state index contributed by atoms with van der Waals surface area (Å²) < 4.78 is 11.1. The van der Waals surface area contributed by atoms with E-state index >= 15 is 0 Å². The molecule has 4 heterocycles. The monoisotopic (exact) mass is 367 g/mol. The molecule has 1 spiro atoms. The fourth-order valence-electron chi connectivity index (χ4n) is 4.64. The van der Waals surface area contributed by atoms with Crippen LogP contribution >= 0.6 is 0 Å². The topological polar surface area (TPSA) is 78.4 Å². The third-order valence-corrected chi connectivity index (χ3v) is 6.07. The standard InChI is InChI=1S/C20H25N5O2/c1-26-14-16-12-24(13-18-3-2-8-27-18)15-20(16)4-6-25(7-5-20)17-10-22-19(9-21)23-11-17/h2-3,8,10-11,16H,4-7,12-15H2,1H3. The molecule has 4 rings (SSSR count). The van der Waals surface area contributed by atoms with Crippen molar-refractivity contribution in [2.45, 2.75) is 19.4 Å². The van der Waals surface area contributed by atoms with Gasteiger partial charge in [0.15, 0.2) is 0 Å². The smallest absolute Gasteiger partial charge is 0.232 e. The second kappa shape index (κ2) is 7.67. The van der Waals surface area contributed by atoms with E-state index in [0.29, 0.717) is 5.92 Å². The number of piperidine rings is 1. The Labute approximate surface area is 159 Å². The maximum atomic E-state index is 8.86. The SMILES string of the molecule is COCC1CN(Cc2ccco2)CC12CCN(c1cnc(C#N)nc1)CC2. The number of anilines is 1. The van der Waals surface area contributed by atoms with Gasteiger partial charge in [-0.15, -0.1) is 0 Å². The van der Waals surface area contributed by atoms with Crippen LogP contribution in [-0.2, 0) is 11.3 Å². The van der Waals surface area contributed by atoms with Gasteiger partial charge in [-0.3, -0.25) is 4.90 Å². The fraction of sp³-hybridized carbons (Fsp3) is 0.550. The van der Waals surface area contributed by atoms with E-state index in [2.05, 4.69) is 19.8 Å². The number of nitriles is 1. The third kappa shape index (κ3) is 3.68. The number of likely N-dealkylation sites (tertiary alicyclic amines) is 1. The Morgan fingerprint density at radius 1 is 1.33 bits per heavy atom. The van der Waals surface area contributed by atoms with Crippen molar-refractivity contribution in [1.29, 1.82) is 5.26 Å². The summed E-state index contributed by atoms with van der Waals surface area (Å²) in [4.78, 5) is 13.0. The Morgan fingerprint density at radius 3 is 2.74 bits per heavy atom. The van der Waals surface area contributed by atoms with E-state index in [1.165, 1.54) is 0 Å². The van der Waals surface area contributed by atoms with Crippen LogP contribution in [0.2, 0.25) is 0 Å². The highest BCUT2D eigenvalue weighted by Gasteiger charge is 2.47. The van der Waals surface area contributed by atoms with Crippen molar-refractivity contribution in [2.75, 3.05) is 44.8 Å². The van der Waals surface area contributed by atoms with E-state index in [9.17, 15) is 0 Å². The summed E-state index contributed by atoms with van der Waals surface area (Å²) in [6.07, 6.45) is 7.50.